The molecule has 1 aromatic carbocycles. The number of rotatable bonds is 4. The van der Waals surface area contributed by atoms with Crippen molar-refractivity contribution in [2.45, 2.75) is 43.8 Å². The molecule has 3 rings (SSSR count). The predicted octanol–water partition coefficient (Wildman–Crippen LogP) is 1.86. The Labute approximate surface area is 125 Å². The van der Waals surface area contributed by atoms with Crippen molar-refractivity contribution in [1.29, 1.82) is 0 Å². The van der Waals surface area contributed by atoms with Crippen molar-refractivity contribution in [3.05, 3.63) is 23.8 Å². The average molecular weight is 290 g/mol. The molecular weight excluding hydrogens is 268 g/mol. The summed E-state index contributed by atoms with van der Waals surface area (Å²) in [4.78, 5) is 14.3. The van der Waals surface area contributed by atoms with E-state index in [0.717, 1.165) is 18.4 Å². The van der Waals surface area contributed by atoms with E-state index < -0.39 is 0 Å². The largest absolute Gasteiger partial charge is 0.493 e. The fourth-order valence-electron chi connectivity index (χ4n) is 3.25. The number of methoxy groups -OCH3 is 2. The van der Waals surface area contributed by atoms with Gasteiger partial charge >= 0.3 is 0 Å². The molecule has 0 bridgehead atoms. The standard InChI is InChI=1S/C16H22N2O3/c1-20-13-5-3-4-11(16(13)21-2)15-12(17)8-9-14(19)18(15)10-6-7-10/h3-5,10,12,15H,6-9,17H2,1-2H3. The predicted molar refractivity (Wildman–Crippen MR) is 79.4 cm³/mol. The summed E-state index contributed by atoms with van der Waals surface area (Å²) in [5, 5.41) is 0. The minimum Gasteiger partial charge on any atom is -0.493 e. The van der Waals surface area contributed by atoms with Gasteiger partial charge in [0.05, 0.1) is 20.3 Å². The smallest absolute Gasteiger partial charge is 0.223 e. The summed E-state index contributed by atoms with van der Waals surface area (Å²) in [5.41, 5.74) is 7.30. The topological polar surface area (TPSA) is 64.8 Å². The van der Waals surface area contributed by atoms with Crippen molar-refractivity contribution >= 4 is 5.91 Å². The molecule has 1 saturated carbocycles. The lowest BCUT2D eigenvalue weighted by molar-refractivity contribution is -0.138. The van der Waals surface area contributed by atoms with Crippen LogP contribution in [0.15, 0.2) is 18.2 Å². The summed E-state index contributed by atoms with van der Waals surface area (Å²) in [5.74, 6) is 1.56. The molecular formula is C16H22N2O3. The van der Waals surface area contributed by atoms with Gasteiger partial charge in [-0.25, -0.2) is 0 Å². The van der Waals surface area contributed by atoms with Crippen LogP contribution in [0.5, 0.6) is 11.5 Å². The molecule has 21 heavy (non-hydrogen) atoms. The molecule has 1 amide bonds. The first-order chi connectivity index (χ1) is 10.2. The zero-order valence-corrected chi connectivity index (χ0v) is 12.5. The van der Waals surface area contributed by atoms with Gasteiger partial charge in [0, 0.05) is 24.1 Å². The maximum atomic E-state index is 12.4. The van der Waals surface area contributed by atoms with E-state index >= 15 is 0 Å². The zero-order chi connectivity index (χ0) is 15.0. The fraction of sp³-hybridized carbons (Fsp3) is 0.562. The molecule has 2 N–H and O–H groups in total. The fourth-order valence-corrected chi connectivity index (χ4v) is 3.25. The minimum absolute atomic E-state index is 0.0655. The SMILES string of the molecule is COc1cccc(C2C(N)CCC(=O)N2C2CC2)c1OC. The van der Waals surface area contributed by atoms with E-state index in [9.17, 15) is 4.79 Å². The molecule has 5 nitrogen and oxygen atoms in total. The molecule has 2 unspecified atom stereocenters. The van der Waals surface area contributed by atoms with Gasteiger partial charge in [-0.15, -0.1) is 0 Å². The van der Waals surface area contributed by atoms with Crippen LogP contribution in [0.25, 0.3) is 0 Å². The summed E-state index contributed by atoms with van der Waals surface area (Å²) < 4.78 is 10.9. The van der Waals surface area contributed by atoms with E-state index in [0.29, 0.717) is 30.4 Å². The highest BCUT2D eigenvalue weighted by molar-refractivity contribution is 5.79. The zero-order valence-electron chi connectivity index (χ0n) is 12.5. The lowest BCUT2D eigenvalue weighted by atomic mass is 9.89. The van der Waals surface area contributed by atoms with Gasteiger partial charge in [0.2, 0.25) is 5.91 Å². The molecule has 2 aliphatic rings. The second-order valence-corrected chi connectivity index (χ2v) is 5.76. The van der Waals surface area contributed by atoms with Gasteiger partial charge in [-0.1, -0.05) is 12.1 Å². The van der Waals surface area contributed by atoms with E-state index in [1.54, 1.807) is 14.2 Å². The minimum atomic E-state index is -0.121. The Bertz CT molecular complexity index is 542. The third-order valence-electron chi connectivity index (χ3n) is 4.38. The first kappa shape index (κ1) is 14.2. The average Bonchev–Trinajstić information content (AvgIpc) is 3.33. The number of piperidine rings is 1. The molecule has 0 aromatic heterocycles. The first-order valence-corrected chi connectivity index (χ1v) is 7.45. The highest BCUT2D eigenvalue weighted by atomic mass is 16.5. The number of nitrogens with two attached hydrogens (primary N) is 1. The molecule has 1 aliphatic heterocycles. The van der Waals surface area contributed by atoms with Crippen LogP contribution in [0, 0.1) is 0 Å². The Morgan fingerprint density at radius 3 is 2.57 bits per heavy atom. The van der Waals surface area contributed by atoms with Crippen LogP contribution >= 0.6 is 0 Å². The van der Waals surface area contributed by atoms with Crippen LogP contribution in [0.1, 0.15) is 37.3 Å². The van der Waals surface area contributed by atoms with E-state index in [-0.39, 0.29) is 18.0 Å². The maximum Gasteiger partial charge on any atom is 0.223 e. The Hall–Kier alpha value is -1.75. The number of amides is 1. The van der Waals surface area contributed by atoms with Crippen molar-refractivity contribution in [2.24, 2.45) is 5.73 Å². The van der Waals surface area contributed by atoms with Crippen LogP contribution in [0.4, 0.5) is 0 Å². The normalized spacial score (nSPS) is 25.9. The molecule has 114 valence electrons. The Morgan fingerprint density at radius 1 is 1.19 bits per heavy atom. The molecule has 2 atom stereocenters. The summed E-state index contributed by atoms with van der Waals surface area (Å²) in [6.45, 7) is 0. The number of carbonyl (C=O) groups excluding carboxylic acids is 1. The van der Waals surface area contributed by atoms with Gasteiger partial charge in [0.15, 0.2) is 11.5 Å². The number of carbonyl (C=O) groups is 1. The maximum absolute atomic E-state index is 12.4. The lowest BCUT2D eigenvalue weighted by Crippen LogP contribution is -2.49. The van der Waals surface area contributed by atoms with Gasteiger partial charge in [0.25, 0.3) is 0 Å². The second kappa shape index (κ2) is 5.56. The third kappa shape index (κ3) is 2.46. The number of ether oxygens (including phenoxy) is 2. The summed E-state index contributed by atoms with van der Waals surface area (Å²) in [6.07, 6.45) is 3.40. The van der Waals surface area contributed by atoms with Gasteiger partial charge in [0.1, 0.15) is 0 Å². The third-order valence-corrected chi connectivity index (χ3v) is 4.38. The Morgan fingerprint density at radius 2 is 1.95 bits per heavy atom. The van der Waals surface area contributed by atoms with Crippen molar-refractivity contribution in [3.63, 3.8) is 0 Å². The number of nitrogens with zero attached hydrogens (tertiary/aromatic N) is 1. The van der Waals surface area contributed by atoms with E-state index in [2.05, 4.69) is 0 Å². The van der Waals surface area contributed by atoms with Gasteiger partial charge in [-0.05, 0) is 25.3 Å². The number of benzene rings is 1. The number of likely N-dealkylation sites (tertiary alicyclic amines) is 1. The molecule has 1 saturated heterocycles. The Balaban J connectivity index is 2.05. The highest BCUT2D eigenvalue weighted by Gasteiger charge is 2.44. The number of hydrogen-bond donors (Lipinski definition) is 1. The van der Waals surface area contributed by atoms with Crippen LogP contribution in [0.2, 0.25) is 0 Å². The van der Waals surface area contributed by atoms with Crippen LogP contribution in [-0.4, -0.2) is 37.1 Å². The summed E-state index contributed by atoms with van der Waals surface area (Å²) in [7, 11) is 3.24. The van der Waals surface area contributed by atoms with Crippen LogP contribution in [-0.2, 0) is 4.79 Å². The van der Waals surface area contributed by atoms with Gasteiger partial charge < -0.3 is 20.1 Å². The molecule has 5 heteroatoms. The number of para-hydroxylation sites is 1. The molecule has 1 heterocycles. The van der Waals surface area contributed by atoms with Crippen molar-refractivity contribution in [3.8, 4) is 11.5 Å². The molecule has 2 fully saturated rings. The van der Waals surface area contributed by atoms with Crippen LogP contribution in [0.3, 0.4) is 0 Å². The molecule has 0 spiro atoms. The van der Waals surface area contributed by atoms with Crippen molar-refractivity contribution in [2.75, 3.05) is 14.2 Å². The first-order valence-electron chi connectivity index (χ1n) is 7.45. The Kier molecular flexibility index (Phi) is 3.76. The highest BCUT2D eigenvalue weighted by Crippen LogP contribution is 2.44. The van der Waals surface area contributed by atoms with Gasteiger partial charge in [-0.2, -0.15) is 0 Å². The monoisotopic (exact) mass is 290 g/mol. The summed E-state index contributed by atoms with van der Waals surface area (Å²) >= 11 is 0. The van der Waals surface area contributed by atoms with Gasteiger partial charge in [-0.3, -0.25) is 4.79 Å². The summed E-state index contributed by atoms with van der Waals surface area (Å²) in [6, 6.07) is 5.92. The number of hydrogen-bond acceptors (Lipinski definition) is 4. The van der Waals surface area contributed by atoms with Crippen molar-refractivity contribution in [1.82, 2.24) is 4.90 Å². The lowest BCUT2D eigenvalue weighted by Gasteiger charge is -2.40. The quantitative estimate of drug-likeness (QED) is 0.919. The van der Waals surface area contributed by atoms with E-state index in [4.69, 9.17) is 15.2 Å². The second-order valence-electron chi connectivity index (χ2n) is 5.76. The van der Waals surface area contributed by atoms with Crippen molar-refractivity contribution < 1.29 is 14.3 Å². The molecule has 1 aliphatic carbocycles. The van der Waals surface area contributed by atoms with E-state index in [1.165, 1.54) is 0 Å². The molecule has 0 radical (unpaired) electrons. The molecule has 1 aromatic rings. The van der Waals surface area contributed by atoms with Crippen LogP contribution < -0.4 is 15.2 Å². The van der Waals surface area contributed by atoms with E-state index in [1.807, 2.05) is 23.1 Å².